The lowest BCUT2D eigenvalue weighted by molar-refractivity contribution is -0.139. The van der Waals surface area contributed by atoms with Crippen LogP contribution < -0.4 is 4.90 Å². The van der Waals surface area contributed by atoms with Gasteiger partial charge in [0.2, 0.25) is 5.91 Å². The predicted molar refractivity (Wildman–Crippen MR) is 139 cm³/mol. The number of nitrogens with zero attached hydrogens (tertiary/aromatic N) is 3. The molecule has 188 valence electrons. The monoisotopic (exact) mass is 511 g/mol. The van der Waals surface area contributed by atoms with Crippen LogP contribution in [-0.2, 0) is 11.0 Å². The van der Waals surface area contributed by atoms with Crippen molar-refractivity contribution in [2.24, 2.45) is 10.9 Å². The number of pyridine rings is 1. The number of hydrogen-bond acceptors (Lipinski definition) is 4. The third-order valence-corrected chi connectivity index (χ3v) is 7.31. The van der Waals surface area contributed by atoms with Crippen LogP contribution in [0.2, 0.25) is 0 Å². The SMILES string of the molecule is CC(=O)N=CC1CCN(c2cc(-c3ccc(Sc4ccccc4C(C)C)c(C(F)(F)F)c3)ccn2)C1. The van der Waals surface area contributed by atoms with Crippen LogP contribution >= 0.6 is 11.8 Å². The zero-order valence-corrected chi connectivity index (χ0v) is 21.2. The van der Waals surface area contributed by atoms with Gasteiger partial charge in [-0.1, -0.05) is 49.9 Å². The molecule has 36 heavy (non-hydrogen) atoms. The van der Waals surface area contributed by atoms with E-state index in [9.17, 15) is 18.0 Å². The van der Waals surface area contributed by atoms with E-state index in [2.05, 4.69) is 14.9 Å². The molecule has 2 aromatic carbocycles. The molecular formula is C28H28F3N3OS. The maximum Gasteiger partial charge on any atom is 0.417 e. The maximum atomic E-state index is 14.1. The Morgan fingerprint density at radius 1 is 1.11 bits per heavy atom. The van der Waals surface area contributed by atoms with E-state index in [0.717, 1.165) is 35.2 Å². The second-order valence-corrected chi connectivity index (χ2v) is 10.3. The summed E-state index contributed by atoms with van der Waals surface area (Å²) in [5.41, 5.74) is 1.53. The van der Waals surface area contributed by atoms with Crippen LogP contribution in [0.25, 0.3) is 11.1 Å². The number of aliphatic imine (C=N–C) groups is 1. The molecule has 1 amide bonds. The van der Waals surface area contributed by atoms with Gasteiger partial charge in [0, 0.05) is 48.1 Å². The molecule has 0 aliphatic carbocycles. The average molecular weight is 512 g/mol. The van der Waals surface area contributed by atoms with Crippen LogP contribution in [-0.4, -0.2) is 30.2 Å². The van der Waals surface area contributed by atoms with Crippen molar-refractivity contribution in [1.82, 2.24) is 4.98 Å². The van der Waals surface area contributed by atoms with Gasteiger partial charge in [-0.15, -0.1) is 0 Å². The van der Waals surface area contributed by atoms with Crippen LogP contribution in [0, 0.1) is 5.92 Å². The van der Waals surface area contributed by atoms with Crippen LogP contribution in [0.5, 0.6) is 0 Å². The Morgan fingerprint density at radius 3 is 2.58 bits per heavy atom. The van der Waals surface area contributed by atoms with Gasteiger partial charge < -0.3 is 4.90 Å². The number of carbonyl (C=O) groups is 1. The molecule has 1 fully saturated rings. The molecule has 0 spiro atoms. The number of rotatable bonds is 6. The number of carbonyl (C=O) groups excluding carboxylic acids is 1. The lowest BCUT2D eigenvalue weighted by Crippen LogP contribution is -2.21. The first-order valence-electron chi connectivity index (χ1n) is 11.9. The van der Waals surface area contributed by atoms with E-state index in [1.165, 1.54) is 13.0 Å². The summed E-state index contributed by atoms with van der Waals surface area (Å²) in [5, 5.41) is 0. The zero-order valence-electron chi connectivity index (χ0n) is 20.4. The molecule has 8 heteroatoms. The topological polar surface area (TPSA) is 45.6 Å². The number of hydrogen-bond donors (Lipinski definition) is 0. The Kier molecular flexibility index (Phi) is 7.83. The summed E-state index contributed by atoms with van der Waals surface area (Å²) in [4.78, 5) is 22.5. The summed E-state index contributed by atoms with van der Waals surface area (Å²) in [6.45, 7) is 6.88. The first-order valence-corrected chi connectivity index (χ1v) is 12.7. The van der Waals surface area contributed by atoms with Crippen LogP contribution in [0.1, 0.15) is 44.2 Å². The van der Waals surface area contributed by atoms with Crippen molar-refractivity contribution in [3.63, 3.8) is 0 Å². The highest BCUT2D eigenvalue weighted by molar-refractivity contribution is 7.99. The third-order valence-electron chi connectivity index (χ3n) is 6.14. The Bertz CT molecular complexity index is 1270. The Hall–Kier alpha value is -3.13. The number of benzene rings is 2. The summed E-state index contributed by atoms with van der Waals surface area (Å²) in [7, 11) is 0. The highest BCUT2D eigenvalue weighted by Gasteiger charge is 2.34. The molecule has 1 atom stereocenters. The lowest BCUT2D eigenvalue weighted by Gasteiger charge is -2.19. The molecule has 1 aliphatic rings. The predicted octanol–water partition coefficient (Wildman–Crippen LogP) is 7.49. The summed E-state index contributed by atoms with van der Waals surface area (Å²) in [6.07, 6.45) is -0.351. The normalized spacial score (nSPS) is 16.3. The van der Waals surface area contributed by atoms with Crippen molar-refractivity contribution < 1.29 is 18.0 Å². The quantitative estimate of drug-likeness (QED) is 0.322. The molecule has 1 aromatic heterocycles. The molecule has 4 nitrogen and oxygen atoms in total. The molecule has 0 N–H and O–H groups in total. The van der Waals surface area contributed by atoms with Gasteiger partial charge in [-0.3, -0.25) is 4.79 Å². The fraction of sp³-hybridized carbons (Fsp3) is 0.321. The summed E-state index contributed by atoms with van der Waals surface area (Å²) in [5.74, 6) is 0.810. The largest absolute Gasteiger partial charge is 0.417 e. The molecule has 0 saturated carbocycles. The number of amides is 1. The zero-order chi connectivity index (χ0) is 25.9. The standard InChI is InChI=1S/C28H28F3N3OS/c1-18(2)23-6-4-5-7-25(23)36-26-9-8-21(14-24(26)28(29,30)31)22-10-12-32-27(15-22)34-13-11-20(17-34)16-33-19(3)35/h4-10,12,14-16,18,20H,11,13,17H2,1-3H3. The highest BCUT2D eigenvalue weighted by Crippen LogP contribution is 2.43. The van der Waals surface area contributed by atoms with Gasteiger partial charge in [0.25, 0.3) is 0 Å². The van der Waals surface area contributed by atoms with Crippen molar-refractivity contribution in [1.29, 1.82) is 0 Å². The maximum absolute atomic E-state index is 14.1. The van der Waals surface area contributed by atoms with Crippen LogP contribution in [0.15, 0.2) is 75.6 Å². The summed E-state index contributed by atoms with van der Waals surface area (Å²) < 4.78 is 42.4. The second kappa shape index (κ2) is 10.9. The van der Waals surface area contributed by atoms with Crippen molar-refractivity contribution in [3.8, 4) is 11.1 Å². The Morgan fingerprint density at radius 2 is 1.86 bits per heavy atom. The smallest absolute Gasteiger partial charge is 0.356 e. The van der Waals surface area contributed by atoms with Crippen LogP contribution in [0.4, 0.5) is 19.0 Å². The first kappa shape index (κ1) is 25.9. The van der Waals surface area contributed by atoms with E-state index in [0.29, 0.717) is 23.5 Å². The number of aromatic nitrogens is 1. The van der Waals surface area contributed by atoms with E-state index in [-0.39, 0.29) is 22.6 Å². The Balaban J connectivity index is 1.62. The molecule has 0 bridgehead atoms. The van der Waals surface area contributed by atoms with Gasteiger partial charge >= 0.3 is 6.18 Å². The lowest BCUT2D eigenvalue weighted by atomic mass is 10.0. The first-order chi connectivity index (χ1) is 17.1. The number of anilines is 1. The molecule has 0 radical (unpaired) electrons. The van der Waals surface area contributed by atoms with Gasteiger partial charge in [-0.2, -0.15) is 13.2 Å². The van der Waals surface area contributed by atoms with E-state index >= 15 is 0 Å². The van der Waals surface area contributed by atoms with Crippen molar-refractivity contribution in [2.75, 3.05) is 18.0 Å². The number of halogens is 3. The van der Waals surface area contributed by atoms with Crippen molar-refractivity contribution in [3.05, 3.63) is 71.9 Å². The van der Waals surface area contributed by atoms with Crippen molar-refractivity contribution >= 4 is 29.7 Å². The third kappa shape index (κ3) is 6.16. The van der Waals surface area contributed by atoms with E-state index in [4.69, 9.17) is 0 Å². The number of alkyl halides is 3. The summed E-state index contributed by atoms with van der Waals surface area (Å²) in [6, 6.07) is 15.7. The summed E-state index contributed by atoms with van der Waals surface area (Å²) >= 11 is 1.15. The molecule has 3 aromatic rings. The fourth-order valence-corrected chi connectivity index (χ4v) is 5.51. The molecular weight excluding hydrogens is 483 g/mol. The minimum Gasteiger partial charge on any atom is -0.356 e. The van der Waals surface area contributed by atoms with Crippen molar-refractivity contribution in [2.45, 2.75) is 49.1 Å². The minimum atomic E-state index is -4.49. The van der Waals surface area contributed by atoms with Gasteiger partial charge in [0.1, 0.15) is 5.82 Å². The van der Waals surface area contributed by atoms with E-state index < -0.39 is 11.7 Å². The highest BCUT2D eigenvalue weighted by atomic mass is 32.2. The molecule has 4 rings (SSSR count). The fourth-order valence-electron chi connectivity index (χ4n) is 4.29. The molecule has 1 saturated heterocycles. The molecule has 1 unspecified atom stereocenters. The Labute approximate surface area is 213 Å². The van der Waals surface area contributed by atoms with Gasteiger partial charge in [0.05, 0.1) is 5.56 Å². The average Bonchev–Trinajstić information content (AvgIpc) is 3.32. The van der Waals surface area contributed by atoms with E-state index in [1.54, 1.807) is 30.6 Å². The van der Waals surface area contributed by atoms with Gasteiger partial charge in [-0.05, 0) is 59.4 Å². The van der Waals surface area contributed by atoms with Crippen LogP contribution in [0.3, 0.4) is 0 Å². The molecule has 1 aliphatic heterocycles. The minimum absolute atomic E-state index is 0.140. The second-order valence-electron chi connectivity index (χ2n) is 9.20. The van der Waals surface area contributed by atoms with Gasteiger partial charge in [0.15, 0.2) is 0 Å². The van der Waals surface area contributed by atoms with Gasteiger partial charge in [-0.25, -0.2) is 9.98 Å². The van der Waals surface area contributed by atoms with E-state index in [1.807, 2.05) is 44.2 Å². The molecule has 2 heterocycles.